The molecule has 2 nitrogen and oxygen atoms in total. The predicted octanol–water partition coefficient (Wildman–Crippen LogP) is 3.11. The molecule has 0 aliphatic heterocycles. The summed E-state index contributed by atoms with van der Waals surface area (Å²) in [7, 11) is 0. The number of hydrogen-bond donors (Lipinski definition) is 2. The molecule has 0 spiro atoms. The fourth-order valence-corrected chi connectivity index (χ4v) is 3.77. The zero-order chi connectivity index (χ0) is 12.3. The summed E-state index contributed by atoms with van der Waals surface area (Å²) in [6.45, 7) is 2.40. The van der Waals surface area contributed by atoms with Gasteiger partial charge in [-0.05, 0) is 75.5 Å². The zero-order valence-electron chi connectivity index (χ0n) is 11.1. The highest BCUT2D eigenvalue weighted by Crippen LogP contribution is 2.36. The van der Waals surface area contributed by atoms with Crippen molar-refractivity contribution in [3.05, 3.63) is 0 Å². The highest BCUT2D eigenvalue weighted by Gasteiger charge is 2.27. The van der Waals surface area contributed by atoms with Gasteiger partial charge in [0.05, 0.1) is 12.2 Å². The molecule has 0 aromatic rings. The predicted molar refractivity (Wildman–Crippen MR) is 69.7 cm³/mol. The van der Waals surface area contributed by atoms with E-state index in [1.807, 2.05) is 0 Å². The topological polar surface area (TPSA) is 40.5 Å². The van der Waals surface area contributed by atoms with Gasteiger partial charge < -0.3 is 10.2 Å². The maximum Gasteiger partial charge on any atom is 0.0540 e. The monoisotopic (exact) mass is 240 g/mol. The summed E-state index contributed by atoms with van der Waals surface area (Å²) in [5.74, 6) is 2.49. The van der Waals surface area contributed by atoms with E-state index >= 15 is 0 Å². The third-order valence-electron chi connectivity index (χ3n) is 5.07. The van der Waals surface area contributed by atoms with E-state index in [0.29, 0.717) is 0 Å². The molecule has 2 aliphatic carbocycles. The molecular weight excluding hydrogens is 212 g/mol. The Morgan fingerprint density at radius 1 is 0.824 bits per heavy atom. The van der Waals surface area contributed by atoms with Gasteiger partial charge >= 0.3 is 0 Å². The van der Waals surface area contributed by atoms with E-state index in [1.165, 1.54) is 32.1 Å². The lowest BCUT2D eigenvalue weighted by Crippen LogP contribution is -2.26. The number of aliphatic hydroxyl groups is 2. The molecule has 2 rings (SSSR count). The number of aliphatic hydroxyl groups excluding tert-OH is 2. The van der Waals surface area contributed by atoms with E-state index in [-0.39, 0.29) is 12.2 Å². The third kappa shape index (κ3) is 3.96. The summed E-state index contributed by atoms with van der Waals surface area (Å²) in [6, 6.07) is 0. The molecule has 2 aliphatic rings. The molecular formula is C15H28O2. The minimum Gasteiger partial charge on any atom is -0.393 e. The van der Waals surface area contributed by atoms with Crippen LogP contribution in [0.3, 0.4) is 0 Å². The second-order valence-electron chi connectivity index (χ2n) is 6.46. The SMILES string of the molecule is CC(CC1CCC(O)CC1)C1CCC(O)CC1. The van der Waals surface area contributed by atoms with Gasteiger partial charge in [-0.3, -0.25) is 0 Å². The molecule has 2 N–H and O–H groups in total. The Balaban J connectivity index is 1.71. The second kappa shape index (κ2) is 6.19. The zero-order valence-corrected chi connectivity index (χ0v) is 11.1. The molecule has 0 saturated heterocycles. The molecule has 0 radical (unpaired) electrons. The van der Waals surface area contributed by atoms with E-state index in [9.17, 15) is 10.2 Å². The molecule has 1 unspecified atom stereocenters. The first-order valence-electron chi connectivity index (χ1n) is 7.51. The van der Waals surface area contributed by atoms with Crippen LogP contribution in [0.4, 0.5) is 0 Å². The van der Waals surface area contributed by atoms with Crippen molar-refractivity contribution in [1.82, 2.24) is 0 Å². The van der Waals surface area contributed by atoms with Crippen molar-refractivity contribution in [2.24, 2.45) is 17.8 Å². The molecule has 2 fully saturated rings. The van der Waals surface area contributed by atoms with Gasteiger partial charge in [0.2, 0.25) is 0 Å². The van der Waals surface area contributed by atoms with Gasteiger partial charge in [-0.2, -0.15) is 0 Å². The van der Waals surface area contributed by atoms with Crippen LogP contribution in [-0.4, -0.2) is 22.4 Å². The summed E-state index contributed by atoms with van der Waals surface area (Å²) in [5, 5.41) is 19.0. The Bertz CT molecular complexity index is 213. The van der Waals surface area contributed by atoms with E-state index in [4.69, 9.17) is 0 Å². The maximum absolute atomic E-state index is 9.53. The van der Waals surface area contributed by atoms with Crippen LogP contribution < -0.4 is 0 Å². The van der Waals surface area contributed by atoms with E-state index in [0.717, 1.165) is 43.4 Å². The minimum atomic E-state index is -0.0247. The molecule has 0 aromatic heterocycles. The van der Waals surface area contributed by atoms with Crippen molar-refractivity contribution >= 4 is 0 Å². The lowest BCUT2D eigenvalue weighted by Gasteiger charge is -2.34. The third-order valence-corrected chi connectivity index (χ3v) is 5.07. The lowest BCUT2D eigenvalue weighted by molar-refractivity contribution is 0.0753. The lowest BCUT2D eigenvalue weighted by atomic mass is 9.74. The molecule has 0 bridgehead atoms. The van der Waals surface area contributed by atoms with Gasteiger partial charge in [0, 0.05) is 0 Å². The van der Waals surface area contributed by atoms with Crippen LogP contribution in [0.2, 0.25) is 0 Å². The molecule has 0 aromatic carbocycles. The summed E-state index contributed by atoms with van der Waals surface area (Å²) >= 11 is 0. The summed E-state index contributed by atoms with van der Waals surface area (Å²) in [5.41, 5.74) is 0. The largest absolute Gasteiger partial charge is 0.393 e. The average Bonchev–Trinajstić information content (AvgIpc) is 2.33. The van der Waals surface area contributed by atoms with Crippen LogP contribution in [0.5, 0.6) is 0 Å². The van der Waals surface area contributed by atoms with Crippen molar-refractivity contribution in [3.8, 4) is 0 Å². The van der Waals surface area contributed by atoms with Gasteiger partial charge in [-0.1, -0.05) is 6.92 Å². The second-order valence-corrected chi connectivity index (χ2v) is 6.46. The van der Waals surface area contributed by atoms with Crippen molar-refractivity contribution in [2.45, 2.75) is 76.9 Å². The Labute approximate surface area is 105 Å². The van der Waals surface area contributed by atoms with Crippen LogP contribution >= 0.6 is 0 Å². The summed E-state index contributed by atoms with van der Waals surface area (Å²) in [6.07, 6.45) is 10.2. The highest BCUT2D eigenvalue weighted by atomic mass is 16.3. The first-order chi connectivity index (χ1) is 8.15. The van der Waals surface area contributed by atoms with Crippen molar-refractivity contribution in [1.29, 1.82) is 0 Å². The summed E-state index contributed by atoms with van der Waals surface area (Å²) < 4.78 is 0. The van der Waals surface area contributed by atoms with Crippen LogP contribution in [0.25, 0.3) is 0 Å². The summed E-state index contributed by atoms with van der Waals surface area (Å²) in [4.78, 5) is 0. The molecule has 2 saturated carbocycles. The minimum absolute atomic E-state index is 0.0219. The standard InChI is InChI=1S/C15H28O2/c1-11(13-4-8-15(17)9-5-13)10-12-2-6-14(16)7-3-12/h11-17H,2-10H2,1H3. The van der Waals surface area contributed by atoms with Gasteiger partial charge in [-0.25, -0.2) is 0 Å². The Morgan fingerprint density at radius 2 is 1.29 bits per heavy atom. The number of hydrogen-bond acceptors (Lipinski definition) is 2. The fourth-order valence-electron chi connectivity index (χ4n) is 3.77. The molecule has 100 valence electrons. The van der Waals surface area contributed by atoms with Gasteiger partial charge in [0.15, 0.2) is 0 Å². The van der Waals surface area contributed by atoms with Crippen molar-refractivity contribution in [3.63, 3.8) is 0 Å². The smallest absolute Gasteiger partial charge is 0.0540 e. The molecule has 1 atom stereocenters. The Morgan fingerprint density at radius 3 is 1.82 bits per heavy atom. The van der Waals surface area contributed by atoms with Gasteiger partial charge in [0.25, 0.3) is 0 Å². The first kappa shape index (κ1) is 13.4. The highest BCUT2D eigenvalue weighted by molar-refractivity contribution is 4.79. The van der Waals surface area contributed by atoms with Crippen LogP contribution in [-0.2, 0) is 0 Å². The van der Waals surface area contributed by atoms with Crippen LogP contribution in [0, 0.1) is 17.8 Å². The first-order valence-corrected chi connectivity index (χ1v) is 7.51. The Kier molecular flexibility index (Phi) is 4.87. The maximum atomic E-state index is 9.53. The van der Waals surface area contributed by atoms with Crippen molar-refractivity contribution in [2.75, 3.05) is 0 Å². The van der Waals surface area contributed by atoms with E-state index in [1.54, 1.807) is 0 Å². The van der Waals surface area contributed by atoms with Crippen LogP contribution in [0.15, 0.2) is 0 Å². The normalized spacial score (nSPS) is 41.1. The average molecular weight is 240 g/mol. The van der Waals surface area contributed by atoms with Gasteiger partial charge in [0.1, 0.15) is 0 Å². The van der Waals surface area contributed by atoms with Crippen LogP contribution in [0.1, 0.15) is 64.7 Å². The van der Waals surface area contributed by atoms with Crippen molar-refractivity contribution < 1.29 is 10.2 Å². The molecule has 17 heavy (non-hydrogen) atoms. The molecule has 0 amide bonds. The Hall–Kier alpha value is -0.0800. The number of rotatable bonds is 3. The molecule has 2 heteroatoms. The molecule has 0 heterocycles. The quantitative estimate of drug-likeness (QED) is 0.795. The van der Waals surface area contributed by atoms with E-state index in [2.05, 4.69) is 6.92 Å². The van der Waals surface area contributed by atoms with E-state index < -0.39 is 0 Å². The van der Waals surface area contributed by atoms with Gasteiger partial charge in [-0.15, -0.1) is 0 Å². The fraction of sp³-hybridized carbons (Fsp3) is 1.00.